The number of aromatic hydroxyl groups is 2. The standard InChI is InChI=1S/C22H18F3NO6/c1-2-3-11(28)10(8-27)26-7-6-9-14-17(19(24)20(25)18(9)23)22(32)16-13(30)5-4-12(29)15(16)21(14)31/h2-5,7,10-11,27-30H,6,8H2,1H3. The number of fused-ring (bicyclic) bond motifs is 2. The summed E-state index contributed by atoms with van der Waals surface area (Å²) < 4.78 is 43.4. The smallest absolute Gasteiger partial charge is 0.201 e. The summed E-state index contributed by atoms with van der Waals surface area (Å²) in [6.45, 7) is 1.04. The van der Waals surface area contributed by atoms with Gasteiger partial charge in [0, 0.05) is 23.8 Å². The summed E-state index contributed by atoms with van der Waals surface area (Å²) in [4.78, 5) is 29.7. The highest BCUT2D eigenvalue weighted by Crippen LogP contribution is 2.40. The van der Waals surface area contributed by atoms with Crippen LogP contribution in [0.15, 0.2) is 29.3 Å². The van der Waals surface area contributed by atoms with Crippen LogP contribution in [-0.4, -0.2) is 57.0 Å². The van der Waals surface area contributed by atoms with E-state index in [2.05, 4.69) is 4.99 Å². The Hall–Kier alpha value is -3.50. The second kappa shape index (κ2) is 8.93. The lowest BCUT2D eigenvalue weighted by molar-refractivity contribution is 0.0968. The van der Waals surface area contributed by atoms with Crippen molar-refractivity contribution in [2.75, 3.05) is 6.61 Å². The number of hydrogen-bond donors (Lipinski definition) is 4. The number of allylic oxidation sites excluding steroid dienone is 1. The van der Waals surface area contributed by atoms with Gasteiger partial charge in [-0.2, -0.15) is 0 Å². The van der Waals surface area contributed by atoms with E-state index in [1.54, 1.807) is 6.92 Å². The highest BCUT2D eigenvalue weighted by atomic mass is 19.2. The molecule has 168 valence electrons. The number of hydrogen-bond acceptors (Lipinski definition) is 7. The normalized spacial score (nSPS) is 15.3. The maximum atomic E-state index is 14.6. The maximum Gasteiger partial charge on any atom is 0.201 e. The molecule has 0 fully saturated rings. The number of benzene rings is 2. The van der Waals surface area contributed by atoms with Crippen LogP contribution in [0.5, 0.6) is 11.5 Å². The number of rotatable bonds is 6. The van der Waals surface area contributed by atoms with Crippen LogP contribution in [0.2, 0.25) is 0 Å². The molecule has 2 aromatic rings. The van der Waals surface area contributed by atoms with Gasteiger partial charge in [0.05, 0.1) is 29.4 Å². The average Bonchev–Trinajstić information content (AvgIpc) is 2.76. The number of phenolic OH excluding ortho intramolecular Hbond substituents is 2. The molecule has 2 unspecified atom stereocenters. The lowest BCUT2D eigenvalue weighted by atomic mass is 9.79. The first-order valence-corrected chi connectivity index (χ1v) is 9.42. The molecule has 0 saturated carbocycles. The van der Waals surface area contributed by atoms with E-state index in [0.717, 1.165) is 18.3 Å². The Morgan fingerprint density at radius 2 is 1.50 bits per heavy atom. The maximum absolute atomic E-state index is 14.6. The molecule has 4 N–H and O–H groups in total. The third-order valence-corrected chi connectivity index (χ3v) is 5.05. The van der Waals surface area contributed by atoms with Crippen molar-refractivity contribution >= 4 is 17.8 Å². The van der Waals surface area contributed by atoms with E-state index in [1.165, 1.54) is 12.2 Å². The Labute approximate surface area is 179 Å². The van der Waals surface area contributed by atoms with Gasteiger partial charge in [-0.25, -0.2) is 13.2 Å². The lowest BCUT2D eigenvalue weighted by Crippen LogP contribution is -2.27. The monoisotopic (exact) mass is 449 g/mol. The van der Waals surface area contributed by atoms with E-state index in [1.807, 2.05) is 0 Å². The molecule has 1 aliphatic rings. The number of aliphatic hydroxyl groups excluding tert-OH is 2. The molecule has 2 aromatic carbocycles. The molecule has 1 aliphatic carbocycles. The van der Waals surface area contributed by atoms with Crippen LogP contribution >= 0.6 is 0 Å². The van der Waals surface area contributed by atoms with Crippen molar-refractivity contribution < 1.29 is 43.2 Å². The van der Waals surface area contributed by atoms with E-state index in [0.29, 0.717) is 0 Å². The molecule has 0 aromatic heterocycles. The van der Waals surface area contributed by atoms with Crippen LogP contribution in [0.3, 0.4) is 0 Å². The zero-order valence-corrected chi connectivity index (χ0v) is 16.6. The Morgan fingerprint density at radius 3 is 2.03 bits per heavy atom. The predicted octanol–water partition coefficient (Wildman–Crippen LogP) is 2.20. The number of aliphatic imine (C=N–C) groups is 1. The summed E-state index contributed by atoms with van der Waals surface area (Å²) in [7, 11) is 0. The van der Waals surface area contributed by atoms with Crippen LogP contribution in [0, 0.1) is 17.5 Å². The third kappa shape index (κ3) is 3.67. The van der Waals surface area contributed by atoms with Crippen LogP contribution in [0.25, 0.3) is 0 Å². The Morgan fingerprint density at radius 1 is 0.938 bits per heavy atom. The highest BCUT2D eigenvalue weighted by Gasteiger charge is 2.40. The molecule has 7 nitrogen and oxygen atoms in total. The molecule has 0 saturated heterocycles. The molecule has 0 aliphatic heterocycles. The largest absolute Gasteiger partial charge is 0.507 e. The Bertz CT molecular complexity index is 1180. The summed E-state index contributed by atoms with van der Waals surface area (Å²) in [5.74, 6) is -9.55. The first-order valence-electron chi connectivity index (χ1n) is 9.42. The van der Waals surface area contributed by atoms with Gasteiger partial charge in [-0.15, -0.1) is 0 Å². The first kappa shape index (κ1) is 23.2. The van der Waals surface area contributed by atoms with E-state index < -0.39 is 93.5 Å². The fourth-order valence-electron chi connectivity index (χ4n) is 3.50. The van der Waals surface area contributed by atoms with E-state index in [9.17, 15) is 43.2 Å². The van der Waals surface area contributed by atoms with Crippen LogP contribution in [-0.2, 0) is 6.42 Å². The van der Waals surface area contributed by atoms with Crippen LogP contribution in [0.4, 0.5) is 13.2 Å². The summed E-state index contributed by atoms with van der Waals surface area (Å²) in [6.07, 6.45) is 2.06. The zero-order chi connectivity index (χ0) is 23.7. The molecular weight excluding hydrogens is 431 g/mol. The van der Waals surface area contributed by atoms with Gasteiger partial charge < -0.3 is 20.4 Å². The molecular formula is C22H18F3NO6. The topological polar surface area (TPSA) is 127 Å². The summed E-state index contributed by atoms with van der Waals surface area (Å²) in [5.41, 5.74) is -3.96. The Balaban J connectivity index is 2.16. The van der Waals surface area contributed by atoms with Crippen molar-refractivity contribution in [2.45, 2.75) is 25.5 Å². The fourth-order valence-corrected chi connectivity index (χ4v) is 3.50. The van der Waals surface area contributed by atoms with Gasteiger partial charge in [0.25, 0.3) is 0 Å². The van der Waals surface area contributed by atoms with Crippen molar-refractivity contribution in [1.29, 1.82) is 0 Å². The highest BCUT2D eigenvalue weighted by molar-refractivity contribution is 6.30. The van der Waals surface area contributed by atoms with E-state index in [-0.39, 0.29) is 0 Å². The third-order valence-electron chi connectivity index (χ3n) is 5.05. The lowest BCUT2D eigenvalue weighted by Gasteiger charge is -2.22. The van der Waals surface area contributed by atoms with Crippen LogP contribution < -0.4 is 0 Å². The van der Waals surface area contributed by atoms with Gasteiger partial charge in [-0.1, -0.05) is 12.2 Å². The van der Waals surface area contributed by atoms with Gasteiger partial charge in [0.1, 0.15) is 17.5 Å². The second-order valence-corrected chi connectivity index (χ2v) is 6.98. The number of phenols is 2. The SMILES string of the molecule is CC=CC(O)C(CO)N=CCc1c(F)c(F)c(F)c2c1C(=O)c1c(O)ccc(O)c1C2=O. The van der Waals surface area contributed by atoms with Crippen molar-refractivity contribution in [1.82, 2.24) is 0 Å². The van der Waals surface area contributed by atoms with Gasteiger partial charge in [0.2, 0.25) is 5.78 Å². The molecule has 3 rings (SSSR count). The molecule has 32 heavy (non-hydrogen) atoms. The summed E-state index contributed by atoms with van der Waals surface area (Å²) in [6, 6.07) is 0.784. The fraction of sp³-hybridized carbons (Fsp3) is 0.227. The minimum Gasteiger partial charge on any atom is -0.507 e. The van der Waals surface area contributed by atoms with Crippen LogP contribution in [0.1, 0.15) is 44.3 Å². The minimum atomic E-state index is -2.00. The predicted molar refractivity (Wildman–Crippen MR) is 107 cm³/mol. The Kier molecular flexibility index (Phi) is 6.47. The van der Waals surface area contributed by atoms with Crippen molar-refractivity contribution in [3.63, 3.8) is 0 Å². The molecule has 0 radical (unpaired) electrons. The van der Waals surface area contributed by atoms with Gasteiger partial charge in [-0.05, 0) is 19.1 Å². The van der Waals surface area contributed by atoms with Crippen molar-refractivity contribution in [3.8, 4) is 11.5 Å². The van der Waals surface area contributed by atoms with Gasteiger partial charge in [0.15, 0.2) is 23.2 Å². The second-order valence-electron chi connectivity index (χ2n) is 6.98. The number of carbonyl (C=O) groups excluding carboxylic acids is 2. The molecule has 0 heterocycles. The van der Waals surface area contributed by atoms with Gasteiger partial charge >= 0.3 is 0 Å². The molecule has 0 spiro atoms. The number of halogens is 3. The molecule has 0 bridgehead atoms. The van der Waals surface area contributed by atoms with Crippen molar-refractivity contribution in [3.05, 3.63) is 69.6 Å². The average molecular weight is 449 g/mol. The minimum absolute atomic E-state index is 0.585. The molecule has 0 amide bonds. The summed E-state index contributed by atoms with van der Waals surface area (Å²) in [5, 5.41) is 39.2. The van der Waals surface area contributed by atoms with E-state index >= 15 is 0 Å². The molecule has 2 atom stereocenters. The molecule has 10 heteroatoms. The van der Waals surface area contributed by atoms with Crippen molar-refractivity contribution in [2.24, 2.45) is 4.99 Å². The number of ketones is 2. The number of nitrogens with zero attached hydrogens (tertiary/aromatic N) is 1. The number of aliphatic hydroxyl groups is 2. The van der Waals surface area contributed by atoms with E-state index in [4.69, 9.17) is 0 Å². The number of carbonyl (C=O) groups is 2. The summed E-state index contributed by atoms with van der Waals surface area (Å²) >= 11 is 0. The first-order chi connectivity index (χ1) is 15.1. The quantitative estimate of drug-likeness (QED) is 0.198. The van der Waals surface area contributed by atoms with Gasteiger partial charge in [-0.3, -0.25) is 14.6 Å². The zero-order valence-electron chi connectivity index (χ0n) is 16.6.